The predicted molar refractivity (Wildman–Crippen MR) is 163 cm³/mol. The Morgan fingerprint density at radius 1 is 1.10 bits per heavy atom. The Bertz CT molecular complexity index is 1540. The summed E-state index contributed by atoms with van der Waals surface area (Å²) in [5.41, 5.74) is 6.81. The lowest BCUT2D eigenvalue weighted by atomic mass is 9.96. The van der Waals surface area contributed by atoms with Gasteiger partial charge in [-0.2, -0.15) is 0 Å². The molecule has 40 heavy (non-hydrogen) atoms. The molecular formula is C31H32ClN5O2S. The number of ether oxygens (including phenoxy) is 1. The number of halogens is 1. The van der Waals surface area contributed by atoms with E-state index in [0.29, 0.717) is 16.7 Å². The van der Waals surface area contributed by atoms with E-state index in [9.17, 15) is 4.79 Å². The van der Waals surface area contributed by atoms with Crippen molar-refractivity contribution in [2.45, 2.75) is 39.3 Å². The zero-order valence-electron chi connectivity index (χ0n) is 22.9. The van der Waals surface area contributed by atoms with Crippen molar-refractivity contribution in [2.75, 3.05) is 19.0 Å². The van der Waals surface area contributed by atoms with Crippen molar-refractivity contribution >= 4 is 40.5 Å². The smallest absolute Gasteiger partial charge is 0.226 e. The summed E-state index contributed by atoms with van der Waals surface area (Å²) < 4.78 is 7.82. The molecule has 0 bridgehead atoms. The second kappa shape index (κ2) is 11.7. The second-order valence-corrected chi connectivity index (χ2v) is 10.8. The molecule has 1 aliphatic heterocycles. The lowest BCUT2D eigenvalue weighted by Crippen LogP contribution is -2.32. The molecule has 1 fully saturated rings. The van der Waals surface area contributed by atoms with Crippen molar-refractivity contribution in [1.82, 2.24) is 19.8 Å². The molecule has 0 unspecified atom stereocenters. The van der Waals surface area contributed by atoms with Crippen LogP contribution in [0, 0.1) is 20.8 Å². The van der Waals surface area contributed by atoms with E-state index in [4.69, 9.17) is 28.6 Å². The highest BCUT2D eigenvalue weighted by atomic mass is 35.5. The number of hydrogen-bond donors (Lipinski definition) is 2. The summed E-state index contributed by atoms with van der Waals surface area (Å²) in [5.74, 6) is 0.657. The molecule has 0 spiro atoms. The maximum atomic E-state index is 12.9. The van der Waals surface area contributed by atoms with E-state index in [-0.39, 0.29) is 24.4 Å². The first-order chi connectivity index (χ1) is 19.3. The molecule has 4 aromatic rings. The Morgan fingerprint density at radius 2 is 1.88 bits per heavy atom. The van der Waals surface area contributed by atoms with Gasteiger partial charge < -0.3 is 24.8 Å². The topological polar surface area (TPSA) is 71.4 Å². The number of anilines is 1. The van der Waals surface area contributed by atoms with E-state index >= 15 is 0 Å². The zero-order chi connectivity index (χ0) is 28.4. The van der Waals surface area contributed by atoms with Crippen molar-refractivity contribution in [3.05, 3.63) is 106 Å². The van der Waals surface area contributed by atoms with Gasteiger partial charge in [-0.05, 0) is 87.1 Å². The fourth-order valence-corrected chi connectivity index (χ4v) is 5.86. The van der Waals surface area contributed by atoms with E-state index in [0.717, 1.165) is 45.3 Å². The number of nitrogens with one attached hydrogen (secondary N) is 2. The number of benzene rings is 2. The summed E-state index contributed by atoms with van der Waals surface area (Å²) in [6.07, 6.45) is 2.07. The number of thiocarbonyl (C=S) groups is 1. The first kappa shape index (κ1) is 27.7. The van der Waals surface area contributed by atoms with Crippen LogP contribution >= 0.6 is 23.8 Å². The Labute approximate surface area is 245 Å². The summed E-state index contributed by atoms with van der Waals surface area (Å²) in [7, 11) is 1.65. The highest BCUT2D eigenvalue weighted by Crippen LogP contribution is 2.42. The Hall–Kier alpha value is -3.88. The van der Waals surface area contributed by atoms with Gasteiger partial charge in [0.05, 0.1) is 30.6 Å². The van der Waals surface area contributed by atoms with Gasteiger partial charge in [-0.1, -0.05) is 35.4 Å². The maximum Gasteiger partial charge on any atom is 0.226 e. The molecular weight excluding hydrogens is 542 g/mol. The minimum Gasteiger partial charge on any atom is -0.495 e. The third kappa shape index (κ3) is 5.55. The van der Waals surface area contributed by atoms with Gasteiger partial charge in [0.1, 0.15) is 5.75 Å². The number of carbonyl (C=O) groups is 1. The normalized spacial score (nSPS) is 16.6. The third-order valence-electron chi connectivity index (χ3n) is 7.28. The average Bonchev–Trinajstić information content (AvgIpc) is 3.43. The molecule has 2 aromatic heterocycles. The molecule has 0 aliphatic carbocycles. The van der Waals surface area contributed by atoms with Crippen LogP contribution in [0.15, 0.2) is 72.9 Å². The van der Waals surface area contributed by atoms with E-state index < -0.39 is 0 Å². The minimum atomic E-state index is -0.191. The first-order valence-corrected chi connectivity index (χ1v) is 13.9. The summed E-state index contributed by atoms with van der Waals surface area (Å²) in [5, 5.41) is 7.70. The molecule has 0 radical (unpaired) electrons. The van der Waals surface area contributed by atoms with Gasteiger partial charge in [-0.15, -0.1) is 0 Å². The fourth-order valence-electron chi connectivity index (χ4n) is 5.36. The van der Waals surface area contributed by atoms with E-state index in [1.807, 2.05) is 67.6 Å². The third-order valence-corrected chi connectivity index (χ3v) is 7.87. The quantitative estimate of drug-likeness (QED) is 0.236. The van der Waals surface area contributed by atoms with E-state index in [1.54, 1.807) is 13.3 Å². The molecule has 1 aliphatic rings. The van der Waals surface area contributed by atoms with Crippen LogP contribution in [0.25, 0.3) is 5.69 Å². The highest BCUT2D eigenvalue weighted by molar-refractivity contribution is 7.80. The van der Waals surface area contributed by atoms with Crippen LogP contribution in [0.1, 0.15) is 46.7 Å². The second-order valence-electron chi connectivity index (χ2n) is 9.96. The van der Waals surface area contributed by atoms with Gasteiger partial charge in [-0.3, -0.25) is 9.78 Å². The molecule has 9 heteroatoms. The average molecular weight is 574 g/mol. The van der Waals surface area contributed by atoms with Gasteiger partial charge in [-0.25, -0.2) is 0 Å². The summed E-state index contributed by atoms with van der Waals surface area (Å²) in [4.78, 5) is 19.7. The summed E-state index contributed by atoms with van der Waals surface area (Å²) in [6, 6.07) is 21.1. The molecule has 206 valence electrons. The van der Waals surface area contributed by atoms with Gasteiger partial charge >= 0.3 is 0 Å². The number of pyridine rings is 1. The predicted octanol–water partition coefficient (Wildman–Crippen LogP) is 6.46. The number of aromatic nitrogens is 2. The lowest BCUT2D eigenvalue weighted by Gasteiger charge is -2.28. The molecule has 2 atom stereocenters. The molecule has 7 nitrogen and oxygen atoms in total. The van der Waals surface area contributed by atoms with Gasteiger partial charge in [0, 0.05) is 41.3 Å². The SMILES string of the molecule is COc1ccc(Cl)cc1-n1c(C)cc([C@@H]2[C@H](c3ccccn3)NC(=S)N2CCC(=O)Nc2ccc(C)cc2)c1C. The Morgan fingerprint density at radius 3 is 2.58 bits per heavy atom. The van der Waals surface area contributed by atoms with Crippen LogP contribution in [-0.2, 0) is 4.79 Å². The van der Waals surface area contributed by atoms with Crippen LogP contribution < -0.4 is 15.4 Å². The van der Waals surface area contributed by atoms with Gasteiger partial charge in [0.25, 0.3) is 0 Å². The van der Waals surface area contributed by atoms with Crippen LogP contribution in [0.2, 0.25) is 5.02 Å². The first-order valence-electron chi connectivity index (χ1n) is 13.1. The van der Waals surface area contributed by atoms with Crippen LogP contribution in [0.4, 0.5) is 5.69 Å². The summed E-state index contributed by atoms with van der Waals surface area (Å²) in [6.45, 7) is 6.61. The number of amides is 1. The standard InChI is InChI=1S/C31H32ClN5O2S/c1-19-8-11-23(12-9-19)34-28(38)14-16-36-30(29(35-31(36)40)25-7-5-6-15-33-25)24-17-20(2)37(21(24)3)26-18-22(32)10-13-27(26)39-4/h5-13,15,17-18,29-30H,14,16H2,1-4H3,(H,34,38)(H,35,40)/t29-,30+/m0/s1. The Kier molecular flexibility index (Phi) is 8.09. The maximum absolute atomic E-state index is 12.9. The highest BCUT2D eigenvalue weighted by Gasteiger charge is 2.41. The van der Waals surface area contributed by atoms with Gasteiger partial charge in [0.2, 0.25) is 5.91 Å². The number of hydrogen-bond acceptors (Lipinski definition) is 4. The zero-order valence-corrected chi connectivity index (χ0v) is 24.5. The molecule has 1 amide bonds. The van der Waals surface area contributed by atoms with E-state index in [1.165, 1.54) is 0 Å². The number of nitrogens with zero attached hydrogens (tertiary/aromatic N) is 3. The van der Waals surface area contributed by atoms with Crippen LogP contribution in [-0.4, -0.2) is 39.1 Å². The molecule has 5 rings (SSSR count). The van der Waals surface area contributed by atoms with E-state index in [2.05, 4.69) is 45.0 Å². The van der Waals surface area contributed by atoms with Crippen LogP contribution in [0.5, 0.6) is 5.75 Å². The number of aryl methyl sites for hydroxylation is 2. The van der Waals surface area contributed by atoms with Gasteiger partial charge in [0.15, 0.2) is 5.11 Å². The van der Waals surface area contributed by atoms with Crippen molar-refractivity contribution in [2.24, 2.45) is 0 Å². The molecule has 3 heterocycles. The molecule has 1 saturated heterocycles. The molecule has 0 saturated carbocycles. The molecule has 2 N–H and O–H groups in total. The monoisotopic (exact) mass is 573 g/mol. The number of rotatable bonds is 8. The minimum absolute atomic E-state index is 0.0687. The van der Waals surface area contributed by atoms with Crippen molar-refractivity contribution in [3.63, 3.8) is 0 Å². The van der Waals surface area contributed by atoms with Crippen LogP contribution in [0.3, 0.4) is 0 Å². The fraction of sp³-hybridized carbons (Fsp3) is 0.258. The Balaban J connectivity index is 1.49. The van der Waals surface area contributed by atoms with Crippen molar-refractivity contribution < 1.29 is 9.53 Å². The van der Waals surface area contributed by atoms with Crippen molar-refractivity contribution in [1.29, 1.82) is 0 Å². The lowest BCUT2D eigenvalue weighted by molar-refractivity contribution is -0.116. The molecule has 2 aromatic carbocycles. The number of carbonyl (C=O) groups excluding carboxylic acids is 1. The largest absolute Gasteiger partial charge is 0.495 e. The van der Waals surface area contributed by atoms with Crippen molar-refractivity contribution in [3.8, 4) is 11.4 Å². The number of methoxy groups -OCH3 is 1. The summed E-state index contributed by atoms with van der Waals surface area (Å²) >= 11 is 12.2.